The normalized spacial score (nSPS) is 28.5. The van der Waals surface area contributed by atoms with Crippen LogP contribution in [-0.4, -0.2) is 27.9 Å². The summed E-state index contributed by atoms with van der Waals surface area (Å²) in [5.41, 5.74) is 2.73. The molecule has 2 aliphatic rings. The minimum Gasteiger partial charge on any atom is -0.392 e. The second kappa shape index (κ2) is 5.24. The number of aliphatic hydroxyl groups is 1. The molecule has 1 fully saturated rings. The highest BCUT2D eigenvalue weighted by atomic mass is 16.5. The van der Waals surface area contributed by atoms with Crippen molar-refractivity contribution in [1.29, 1.82) is 0 Å². The predicted octanol–water partition coefficient (Wildman–Crippen LogP) is 1.93. The van der Waals surface area contributed by atoms with Crippen molar-refractivity contribution in [1.82, 2.24) is 15.5 Å². The molecule has 0 spiro atoms. The number of rotatable bonds is 2. The highest BCUT2D eigenvalue weighted by Gasteiger charge is 2.31. The molecule has 3 atom stereocenters. The number of aromatic nitrogens is 2. The lowest BCUT2D eigenvalue weighted by atomic mass is 9.82. The van der Waals surface area contributed by atoms with E-state index in [-0.39, 0.29) is 18.1 Å². The summed E-state index contributed by atoms with van der Waals surface area (Å²) in [4.78, 5) is 4.60. The Bertz CT molecular complexity index is 640. The first-order valence-corrected chi connectivity index (χ1v) is 7.64. The van der Waals surface area contributed by atoms with Crippen molar-refractivity contribution < 1.29 is 9.63 Å². The van der Waals surface area contributed by atoms with E-state index >= 15 is 0 Å². The Hall–Kier alpha value is -1.72. The summed E-state index contributed by atoms with van der Waals surface area (Å²) in [6, 6.07) is 8.52. The molecular formula is C16H19N3O2. The highest BCUT2D eigenvalue weighted by molar-refractivity contribution is 5.36. The molecule has 1 aliphatic heterocycles. The van der Waals surface area contributed by atoms with Gasteiger partial charge in [0.05, 0.1) is 12.1 Å². The number of hydrogen-bond acceptors (Lipinski definition) is 5. The largest absolute Gasteiger partial charge is 0.392 e. The van der Waals surface area contributed by atoms with E-state index in [1.807, 2.05) is 0 Å². The molecule has 4 rings (SSSR count). The second-order valence-corrected chi connectivity index (χ2v) is 5.98. The highest BCUT2D eigenvalue weighted by Crippen LogP contribution is 2.35. The Balaban J connectivity index is 1.62. The molecule has 1 saturated heterocycles. The molecule has 2 heterocycles. The first kappa shape index (κ1) is 13.0. The summed E-state index contributed by atoms with van der Waals surface area (Å²) < 4.78 is 5.43. The van der Waals surface area contributed by atoms with Crippen LogP contribution in [-0.2, 0) is 6.42 Å². The van der Waals surface area contributed by atoms with Gasteiger partial charge in [-0.1, -0.05) is 29.4 Å². The molecule has 0 radical (unpaired) electrons. The molecule has 2 aromatic rings. The Morgan fingerprint density at radius 1 is 1.29 bits per heavy atom. The first-order chi connectivity index (χ1) is 10.3. The van der Waals surface area contributed by atoms with Gasteiger partial charge in [0.15, 0.2) is 5.82 Å². The smallest absolute Gasteiger partial charge is 0.243 e. The van der Waals surface area contributed by atoms with Gasteiger partial charge in [-0.25, -0.2) is 0 Å². The van der Waals surface area contributed by atoms with E-state index in [1.165, 1.54) is 11.1 Å². The number of aliphatic hydroxyl groups excluding tert-OH is 1. The summed E-state index contributed by atoms with van der Waals surface area (Å²) in [5, 5.41) is 17.0. The fraction of sp³-hybridized carbons (Fsp3) is 0.500. The van der Waals surface area contributed by atoms with E-state index in [2.05, 4.69) is 39.7 Å². The number of fused-ring (bicyclic) bond motifs is 1. The molecule has 0 saturated carbocycles. The molecule has 1 aliphatic carbocycles. The van der Waals surface area contributed by atoms with Gasteiger partial charge in [-0.3, -0.25) is 0 Å². The van der Waals surface area contributed by atoms with E-state index in [4.69, 9.17) is 4.52 Å². The molecular weight excluding hydrogens is 266 g/mol. The van der Waals surface area contributed by atoms with Gasteiger partial charge in [-0.15, -0.1) is 0 Å². The van der Waals surface area contributed by atoms with Crippen LogP contribution in [0.4, 0.5) is 0 Å². The summed E-state index contributed by atoms with van der Waals surface area (Å²) in [7, 11) is 0. The minimum absolute atomic E-state index is 0.0138. The quantitative estimate of drug-likeness (QED) is 0.882. The summed E-state index contributed by atoms with van der Waals surface area (Å²) in [6.45, 7) is 0.592. The van der Waals surface area contributed by atoms with Crippen molar-refractivity contribution in [3.05, 3.63) is 47.1 Å². The lowest BCUT2D eigenvalue weighted by Gasteiger charge is -2.22. The van der Waals surface area contributed by atoms with Crippen molar-refractivity contribution in [3.63, 3.8) is 0 Å². The zero-order chi connectivity index (χ0) is 14.2. The molecule has 0 amide bonds. The van der Waals surface area contributed by atoms with Crippen LogP contribution >= 0.6 is 0 Å². The number of hydrogen-bond donors (Lipinski definition) is 2. The Labute approximate surface area is 123 Å². The third kappa shape index (κ3) is 2.36. The van der Waals surface area contributed by atoms with Gasteiger partial charge in [-0.2, -0.15) is 4.98 Å². The van der Waals surface area contributed by atoms with Gasteiger partial charge in [0.25, 0.3) is 0 Å². The SMILES string of the molecule is O[C@H]1CN[C@@H](c2nc(C3CCCc4ccccc43)no2)C1. The van der Waals surface area contributed by atoms with Crippen molar-refractivity contribution in [2.24, 2.45) is 0 Å². The third-order valence-corrected chi connectivity index (χ3v) is 4.54. The molecule has 0 bridgehead atoms. The molecule has 2 N–H and O–H groups in total. The van der Waals surface area contributed by atoms with Gasteiger partial charge in [0.2, 0.25) is 5.89 Å². The number of benzene rings is 1. The zero-order valence-electron chi connectivity index (χ0n) is 11.8. The molecule has 5 heteroatoms. The predicted molar refractivity (Wildman–Crippen MR) is 76.9 cm³/mol. The summed E-state index contributed by atoms with van der Waals surface area (Å²) in [5.74, 6) is 1.61. The fourth-order valence-electron chi connectivity index (χ4n) is 3.46. The summed E-state index contributed by atoms with van der Waals surface area (Å²) in [6.07, 6.45) is 3.68. The standard InChI is InChI=1S/C16H19N3O2/c20-11-8-14(17-9-11)16-18-15(19-21-16)13-7-3-5-10-4-1-2-6-12(10)13/h1-2,4,6,11,13-14,17,20H,3,5,7-9H2/t11-,13?,14-/m1/s1. The van der Waals surface area contributed by atoms with Crippen molar-refractivity contribution in [2.75, 3.05) is 6.54 Å². The van der Waals surface area contributed by atoms with Crippen LogP contribution in [0.1, 0.15) is 54.1 Å². The Morgan fingerprint density at radius 3 is 3.05 bits per heavy atom. The van der Waals surface area contributed by atoms with Gasteiger partial charge < -0.3 is 14.9 Å². The van der Waals surface area contributed by atoms with E-state index < -0.39 is 0 Å². The maximum atomic E-state index is 9.59. The lowest BCUT2D eigenvalue weighted by molar-refractivity contribution is 0.191. The minimum atomic E-state index is -0.319. The maximum absolute atomic E-state index is 9.59. The number of aryl methyl sites for hydroxylation is 1. The average molecular weight is 285 g/mol. The average Bonchev–Trinajstić information content (AvgIpc) is 3.15. The van der Waals surface area contributed by atoms with E-state index in [0.29, 0.717) is 18.9 Å². The maximum Gasteiger partial charge on any atom is 0.243 e. The topological polar surface area (TPSA) is 71.2 Å². The van der Waals surface area contributed by atoms with Crippen molar-refractivity contribution in [2.45, 2.75) is 43.7 Å². The van der Waals surface area contributed by atoms with Crippen LogP contribution in [0.15, 0.2) is 28.8 Å². The van der Waals surface area contributed by atoms with Crippen LogP contribution in [0.25, 0.3) is 0 Å². The second-order valence-electron chi connectivity index (χ2n) is 5.98. The van der Waals surface area contributed by atoms with Crippen molar-refractivity contribution in [3.8, 4) is 0 Å². The van der Waals surface area contributed by atoms with Crippen LogP contribution < -0.4 is 5.32 Å². The molecule has 1 unspecified atom stereocenters. The van der Waals surface area contributed by atoms with E-state index in [9.17, 15) is 5.11 Å². The Morgan fingerprint density at radius 2 is 2.19 bits per heavy atom. The van der Waals surface area contributed by atoms with Gasteiger partial charge in [0.1, 0.15) is 0 Å². The van der Waals surface area contributed by atoms with Gasteiger partial charge >= 0.3 is 0 Å². The lowest BCUT2D eigenvalue weighted by Crippen LogP contribution is -2.15. The molecule has 110 valence electrons. The van der Waals surface area contributed by atoms with Gasteiger partial charge in [0, 0.05) is 12.5 Å². The van der Waals surface area contributed by atoms with Crippen LogP contribution in [0, 0.1) is 0 Å². The molecule has 5 nitrogen and oxygen atoms in total. The fourth-order valence-corrected chi connectivity index (χ4v) is 3.46. The third-order valence-electron chi connectivity index (χ3n) is 4.54. The molecule has 1 aromatic carbocycles. The zero-order valence-corrected chi connectivity index (χ0v) is 11.8. The van der Waals surface area contributed by atoms with Crippen LogP contribution in [0.3, 0.4) is 0 Å². The number of nitrogens with zero attached hydrogens (tertiary/aromatic N) is 2. The van der Waals surface area contributed by atoms with Gasteiger partial charge in [-0.05, 0) is 36.8 Å². The summed E-state index contributed by atoms with van der Waals surface area (Å²) >= 11 is 0. The van der Waals surface area contributed by atoms with Crippen LogP contribution in [0.5, 0.6) is 0 Å². The van der Waals surface area contributed by atoms with Crippen LogP contribution in [0.2, 0.25) is 0 Å². The van der Waals surface area contributed by atoms with E-state index in [1.54, 1.807) is 0 Å². The first-order valence-electron chi connectivity index (χ1n) is 7.64. The van der Waals surface area contributed by atoms with E-state index in [0.717, 1.165) is 25.1 Å². The molecule has 1 aromatic heterocycles. The number of nitrogens with one attached hydrogen (secondary N) is 1. The Kier molecular flexibility index (Phi) is 3.24. The monoisotopic (exact) mass is 285 g/mol. The molecule has 21 heavy (non-hydrogen) atoms. The van der Waals surface area contributed by atoms with Crippen molar-refractivity contribution >= 4 is 0 Å². The number of β-amino-alcohol motifs (C(OH)–C–C–N with tert-alkyl or cyclic N) is 1.